The van der Waals surface area contributed by atoms with Crippen LogP contribution in [0.3, 0.4) is 0 Å². The van der Waals surface area contributed by atoms with E-state index in [1.54, 1.807) is 12.1 Å². The maximum absolute atomic E-state index is 12.7. The minimum atomic E-state index is -0.0243. The maximum atomic E-state index is 12.7. The normalized spacial score (nSPS) is 14.8. The zero-order chi connectivity index (χ0) is 17.3. The van der Waals surface area contributed by atoms with Gasteiger partial charge >= 0.3 is 0 Å². The van der Waals surface area contributed by atoms with E-state index in [0.29, 0.717) is 23.7 Å². The van der Waals surface area contributed by atoms with E-state index < -0.39 is 0 Å². The molecular weight excluding hydrogens is 411 g/mol. The maximum Gasteiger partial charge on any atom is 0.255 e. The number of halogens is 3. The minimum Gasteiger partial charge on any atom is -0.368 e. The van der Waals surface area contributed by atoms with E-state index >= 15 is 0 Å². The number of anilines is 1. The summed E-state index contributed by atoms with van der Waals surface area (Å²) in [6.45, 7) is 4.95. The molecule has 6 heteroatoms. The molecule has 1 fully saturated rings. The van der Waals surface area contributed by atoms with Crippen LogP contribution in [-0.2, 0) is 0 Å². The lowest BCUT2D eigenvalue weighted by Gasteiger charge is -2.37. The first-order chi connectivity index (χ1) is 11.5. The van der Waals surface area contributed by atoms with Crippen molar-refractivity contribution < 1.29 is 4.79 Å². The first kappa shape index (κ1) is 17.6. The summed E-state index contributed by atoms with van der Waals surface area (Å²) in [6.07, 6.45) is 0. The van der Waals surface area contributed by atoms with Gasteiger partial charge in [0.1, 0.15) is 0 Å². The second-order valence-electron chi connectivity index (χ2n) is 5.83. The number of hydrogen-bond donors (Lipinski definition) is 0. The van der Waals surface area contributed by atoms with Crippen molar-refractivity contribution in [3.8, 4) is 0 Å². The van der Waals surface area contributed by atoms with E-state index in [0.717, 1.165) is 28.3 Å². The predicted molar refractivity (Wildman–Crippen MR) is 103 cm³/mol. The molecule has 0 radical (unpaired) electrons. The molecule has 0 aliphatic carbocycles. The van der Waals surface area contributed by atoms with Crippen LogP contribution in [0.5, 0.6) is 0 Å². The molecule has 1 aliphatic heterocycles. The van der Waals surface area contributed by atoms with Crippen LogP contribution in [0.25, 0.3) is 0 Å². The van der Waals surface area contributed by atoms with Crippen LogP contribution >= 0.6 is 39.1 Å². The summed E-state index contributed by atoms with van der Waals surface area (Å²) in [5.74, 6) is -0.0243. The Balaban J connectivity index is 1.72. The van der Waals surface area contributed by atoms with Crippen LogP contribution in [-0.4, -0.2) is 37.0 Å². The van der Waals surface area contributed by atoms with Gasteiger partial charge in [-0.25, -0.2) is 0 Å². The molecule has 0 atom stereocenters. The van der Waals surface area contributed by atoms with Crippen molar-refractivity contribution in [3.05, 3.63) is 62.0 Å². The molecule has 126 valence electrons. The summed E-state index contributed by atoms with van der Waals surface area (Å²) >= 11 is 15.7. The number of piperazine rings is 1. The second kappa shape index (κ2) is 7.34. The number of benzene rings is 2. The SMILES string of the molecule is Cc1ccc(Cl)cc1N1CCN(C(=O)c2cc(Br)ccc2Cl)CC1. The van der Waals surface area contributed by atoms with Crippen molar-refractivity contribution in [2.45, 2.75) is 6.92 Å². The van der Waals surface area contributed by atoms with Crippen molar-refractivity contribution in [3.63, 3.8) is 0 Å². The molecule has 2 aromatic rings. The lowest BCUT2D eigenvalue weighted by atomic mass is 10.1. The van der Waals surface area contributed by atoms with Gasteiger partial charge in [0.25, 0.3) is 5.91 Å². The molecule has 0 saturated carbocycles. The van der Waals surface area contributed by atoms with Crippen LogP contribution in [0.15, 0.2) is 40.9 Å². The Bertz CT molecular complexity index is 774. The van der Waals surface area contributed by atoms with Gasteiger partial charge in [0, 0.05) is 41.4 Å². The van der Waals surface area contributed by atoms with Crippen molar-refractivity contribution in [1.29, 1.82) is 0 Å². The number of aryl methyl sites for hydroxylation is 1. The minimum absolute atomic E-state index is 0.0243. The van der Waals surface area contributed by atoms with Crippen LogP contribution in [0.1, 0.15) is 15.9 Å². The van der Waals surface area contributed by atoms with E-state index in [2.05, 4.69) is 27.8 Å². The number of carbonyl (C=O) groups is 1. The van der Waals surface area contributed by atoms with Crippen molar-refractivity contribution in [1.82, 2.24) is 4.90 Å². The monoisotopic (exact) mass is 426 g/mol. The van der Waals surface area contributed by atoms with Crippen LogP contribution in [0.2, 0.25) is 10.0 Å². The molecular formula is C18H17BrCl2N2O. The van der Waals surface area contributed by atoms with E-state index in [1.807, 2.05) is 29.2 Å². The van der Waals surface area contributed by atoms with Gasteiger partial charge in [0.15, 0.2) is 0 Å². The molecule has 3 rings (SSSR count). The highest BCUT2D eigenvalue weighted by Gasteiger charge is 2.24. The average Bonchev–Trinajstić information content (AvgIpc) is 2.59. The second-order valence-corrected chi connectivity index (χ2v) is 7.59. The highest BCUT2D eigenvalue weighted by Crippen LogP contribution is 2.27. The number of rotatable bonds is 2. The number of carbonyl (C=O) groups excluding carboxylic acids is 1. The molecule has 0 bridgehead atoms. The Morgan fingerprint density at radius 2 is 1.75 bits per heavy atom. The predicted octanol–water partition coefficient (Wildman–Crippen LogP) is 5.03. The molecule has 0 spiro atoms. The van der Waals surface area contributed by atoms with Gasteiger partial charge in [-0.05, 0) is 42.8 Å². The Labute approximate surface area is 160 Å². The molecule has 3 nitrogen and oxygen atoms in total. The molecule has 1 aliphatic rings. The Morgan fingerprint density at radius 1 is 1.04 bits per heavy atom. The summed E-state index contributed by atoms with van der Waals surface area (Å²) in [5.41, 5.74) is 2.86. The van der Waals surface area contributed by atoms with Gasteiger partial charge < -0.3 is 9.80 Å². The Hall–Kier alpha value is -1.23. The van der Waals surface area contributed by atoms with E-state index in [4.69, 9.17) is 23.2 Å². The lowest BCUT2D eigenvalue weighted by Crippen LogP contribution is -2.49. The van der Waals surface area contributed by atoms with Gasteiger partial charge in [-0.15, -0.1) is 0 Å². The molecule has 0 unspecified atom stereocenters. The van der Waals surface area contributed by atoms with E-state index in [-0.39, 0.29) is 5.91 Å². The topological polar surface area (TPSA) is 23.6 Å². The Morgan fingerprint density at radius 3 is 2.46 bits per heavy atom. The third-order valence-electron chi connectivity index (χ3n) is 4.24. The highest BCUT2D eigenvalue weighted by atomic mass is 79.9. The first-order valence-electron chi connectivity index (χ1n) is 7.71. The third-order valence-corrected chi connectivity index (χ3v) is 5.30. The molecule has 1 amide bonds. The summed E-state index contributed by atoms with van der Waals surface area (Å²) < 4.78 is 0.850. The van der Waals surface area contributed by atoms with Crippen molar-refractivity contribution in [2.24, 2.45) is 0 Å². The fraction of sp³-hybridized carbons (Fsp3) is 0.278. The number of hydrogen-bond acceptors (Lipinski definition) is 2. The molecule has 0 aromatic heterocycles. The molecule has 24 heavy (non-hydrogen) atoms. The van der Waals surface area contributed by atoms with E-state index in [1.165, 1.54) is 5.56 Å². The molecule has 0 N–H and O–H groups in total. The van der Waals surface area contributed by atoms with Gasteiger partial charge in [-0.2, -0.15) is 0 Å². The van der Waals surface area contributed by atoms with Crippen LogP contribution in [0, 0.1) is 6.92 Å². The van der Waals surface area contributed by atoms with Crippen molar-refractivity contribution in [2.75, 3.05) is 31.1 Å². The summed E-state index contributed by atoms with van der Waals surface area (Å²) in [4.78, 5) is 16.8. The summed E-state index contributed by atoms with van der Waals surface area (Å²) in [7, 11) is 0. The fourth-order valence-corrected chi connectivity index (χ4v) is 3.63. The average molecular weight is 428 g/mol. The first-order valence-corrected chi connectivity index (χ1v) is 9.26. The zero-order valence-electron chi connectivity index (χ0n) is 13.2. The number of nitrogens with zero attached hydrogens (tertiary/aromatic N) is 2. The fourth-order valence-electron chi connectivity index (χ4n) is 2.91. The molecule has 2 aromatic carbocycles. The molecule has 1 heterocycles. The number of amides is 1. The quantitative estimate of drug-likeness (QED) is 0.671. The molecule has 1 saturated heterocycles. The standard InChI is InChI=1S/C18H17BrCl2N2O/c1-12-2-4-14(20)11-17(12)22-6-8-23(9-7-22)18(24)15-10-13(19)3-5-16(15)21/h2-5,10-11H,6-9H2,1H3. The van der Waals surface area contributed by atoms with Crippen molar-refractivity contribution >= 4 is 50.7 Å². The van der Waals surface area contributed by atoms with Gasteiger partial charge in [0.05, 0.1) is 10.6 Å². The van der Waals surface area contributed by atoms with Gasteiger partial charge in [-0.1, -0.05) is 45.2 Å². The van der Waals surface area contributed by atoms with Crippen LogP contribution < -0.4 is 4.90 Å². The summed E-state index contributed by atoms with van der Waals surface area (Å²) in [5, 5.41) is 1.21. The third kappa shape index (κ3) is 3.71. The summed E-state index contributed by atoms with van der Waals surface area (Å²) in [6, 6.07) is 11.3. The smallest absolute Gasteiger partial charge is 0.255 e. The zero-order valence-corrected chi connectivity index (χ0v) is 16.3. The van der Waals surface area contributed by atoms with E-state index in [9.17, 15) is 4.79 Å². The van der Waals surface area contributed by atoms with Gasteiger partial charge in [-0.3, -0.25) is 4.79 Å². The Kier molecular flexibility index (Phi) is 5.38. The van der Waals surface area contributed by atoms with Crippen LogP contribution in [0.4, 0.5) is 5.69 Å². The largest absolute Gasteiger partial charge is 0.368 e. The lowest BCUT2D eigenvalue weighted by molar-refractivity contribution is 0.0747. The highest BCUT2D eigenvalue weighted by molar-refractivity contribution is 9.10. The van der Waals surface area contributed by atoms with Gasteiger partial charge in [0.2, 0.25) is 0 Å².